The van der Waals surface area contributed by atoms with Crippen molar-refractivity contribution >= 4 is 51.3 Å². The first-order valence-corrected chi connectivity index (χ1v) is 8.36. The van der Waals surface area contributed by atoms with Crippen LogP contribution in [-0.4, -0.2) is 22.1 Å². The fourth-order valence-corrected chi connectivity index (χ4v) is 3.06. The number of hydrogen-bond donors (Lipinski definition) is 1. The number of methoxy groups -OCH3 is 1. The van der Waals surface area contributed by atoms with Crippen molar-refractivity contribution in [1.82, 2.24) is 4.98 Å². The highest BCUT2D eigenvalue weighted by molar-refractivity contribution is 14.1. The van der Waals surface area contributed by atoms with Gasteiger partial charge >= 0.3 is 0 Å². The Morgan fingerprint density at radius 1 is 1.24 bits per heavy atom. The molecule has 1 heterocycles. The monoisotopic (exact) mass is 448 g/mol. The van der Waals surface area contributed by atoms with Crippen molar-refractivity contribution in [3.05, 3.63) is 67.4 Å². The highest BCUT2D eigenvalue weighted by Crippen LogP contribution is 2.33. The summed E-state index contributed by atoms with van der Waals surface area (Å²) in [6.07, 6.45) is 3.65. The lowest BCUT2D eigenvalue weighted by Gasteiger charge is -2.06. The van der Waals surface area contributed by atoms with Crippen LogP contribution in [0.15, 0.2) is 42.5 Å². The number of nitro groups is 1. The van der Waals surface area contributed by atoms with Crippen molar-refractivity contribution < 1.29 is 14.8 Å². The number of halogens is 1. The SMILES string of the molecule is COc1cc(/C=C/c2ccc3c([N+](=O)[O-])cccc3n2)cc(I)c1O. The van der Waals surface area contributed by atoms with Gasteiger partial charge in [-0.25, -0.2) is 4.98 Å². The molecule has 2 aromatic carbocycles. The van der Waals surface area contributed by atoms with Crippen molar-refractivity contribution in [3.8, 4) is 11.5 Å². The maximum absolute atomic E-state index is 11.1. The predicted molar refractivity (Wildman–Crippen MR) is 105 cm³/mol. The molecule has 3 rings (SSSR count). The number of ether oxygens (including phenoxy) is 1. The number of pyridine rings is 1. The van der Waals surface area contributed by atoms with E-state index in [1.165, 1.54) is 13.2 Å². The van der Waals surface area contributed by atoms with E-state index >= 15 is 0 Å². The molecule has 0 bridgehead atoms. The molecule has 7 heteroatoms. The number of rotatable bonds is 4. The Hall–Kier alpha value is -2.68. The normalized spacial score (nSPS) is 11.1. The molecule has 0 saturated carbocycles. The number of nitrogens with zero attached hydrogens (tertiary/aromatic N) is 2. The Labute approximate surface area is 157 Å². The molecule has 3 aromatic rings. The van der Waals surface area contributed by atoms with Gasteiger partial charge in [-0.1, -0.05) is 12.1 Å². The Morgan fingerprint density at radius 2 is 2.04 bits per heavy atom. The van der Waals surface area contributed by atoms with E-state index in [9.17, 15) is 15.2 Å². The second kappa shape index (κ2) is 7.06. The van der Waals surface area contributed by atoms with Crippen molar-refractivity contribution in [2.24, 2.45) is 0 Å². The maximum atomic E-state index is 11.1. The minimum absolute atomic E-state index is 0.0401. The average molecular weight is 448 g/mol. The molecule has 0 fully saturated rings. The maximum Gasteiger partial charge on any atom is 0.278 e. The van der Waals surface area contributed by atoms with E-state index in [4.69, 9.17) is 4.74 Å². The molecule has 0 aliphatic carbocycles. The third-order valence-electron chi connectivity index (χ3n) is 3.64. The summed E-state index contributed by atoms with van der Waals surface area (Å²) in [6, 6.07) is 11.8. The van der Waals surface area contributed by atoms with Crippen molar-refractivity contribution in [3.63, 3.8) is 0 Å². The molecular weight excluding hydrogens is 435 g/mol. The van der Waals surface area contributed by atoms with Gasteiger partial charge in [0.1, 0.15) is 0 Å². The smallest absolute Gasteiger partial charge is 0.278 e. The molecule has 0 aliphatic heterocycles. The van der Waals surface area contributed by atoms with Crippen LogP contribution in [0.2, 0.25) is 0 Å². The number of non-ortho nitro benzene ring substituents is 1. The summed E-state index contributed by atoms with van der Waals surface area (Å²) < 4.78 is 5.82. The summed E-state index contributed by atoms with van der Waals surface area (Å²) in [5.41, 5.74) is 2.13. The second-order valence-electron chi connectivity index (χ2n) is 5.22. The third kappa shape index (κ3) is 3.55. The van der Waals surface area contributed by atoms with Crippen LogP contribution in [0.3, 0.4) is 0 Å². The van der Waals surface area contributed by atoms with Crippen LogP contribution in [0, 0.1) is 13.7 Å². The van der Waals surface area contributed by atoms with Crippen LogP contribution in [0.5, 0.6) is 11.5 Å². The predicted octanol–water partition coefficient (Wildman–Crippen LogP) is 4.63. The molecule has 0 amide bonds. The van der Waals surface area contributed by atoms with Crippen LogP contribution in [0.4, 0.5) is 5.69 Å². The van der Waals surface area contributed by atoms with Crippen molar-refractivity contribution in [2.75, 3.05) is 7.11 Å². The summed E-state index contributed by atoms with van der Waals surface area (Å²) >= 11 is 2.03. The summed E-state index contributed by atoms with van der Waals surface area (Å²) in [4.78, 5) is 15.1. The minimum atomic E-state index is -0.413. The van der Waals surface area contributed by atoms with E-state index in [-0.39, 0.29) is 11.4 Å². The van der Waals surface area contributed by atoms with Gasteiger partial charge in [0.05, 0.1) is 32.2 Å². The molecule has 1 aromatic heterocycles. The van der Waals surface area contributed by atoms with Crippen LogP contribution < -0.4 is 4.74 Å². The third-order valence-corrected chi connectivity index (χ3v) is 4.47. The standard InChI is InChI=1S/C18H13IN2O4/c1-25-17-10-11(9-14(19)18(17)22)5-6-12-7-8-13-15(20-12)3-2-4-16(13)21(23)24/h2-10,22H,1H3/b6-5+. The number of phenolic OH excluding ortho intramolecular Hbond substituents is 1. The van der Waals surface area contributed by atoms with Crippen molar-refractivity contribution in [1.29, 1.82) is 0 Å². The van der Waals surface area contributed by atoms with E-state index in [0.717, 1.165) is 5.56 Å². The van der Waals surface area contributed by atoms with Gasteiger partial charge in [-0.15, -0.1) is 0 Å². The van der Waals surface area contributed by atoms with Crippen LogP contribution in [-0.2, 0) is 0 Å². The summed E-state index contributed by atoms with van der Waals surface area (Å²) in [7, 11) is 1.50. The second-order valence-corrected chi connectivity index (χ2v) is 6.39. The average Bonchev–Trinajstić information content (AvgIpc) is 2.61. The van der Waals surface area contributed by atoms with E-state index in [0.29, 0.717) is 25.9 Å². The molecule has 0 atom stereocenters. The zero-order valence-corrected chi connectivity index (χ0v) is 15.3. The Morgan fingerprint density at radius 3 is 2.76 bits per heavy atom. The molecule has 25 heavy (non-hydrogen) atoms. The molecule has 0 saturated heterocycles. The number of nitro benzene ring substituents is 1. The van der Waals surface area contributed by atoms with Crippen molar-refractivity contribution in [2.45, 2.75) is 0 Å². The number of aromatic nitrogens is 1. The van der Waals surface area contributed by atoms with E-state index in [1.807, 2.05) is 34.7 Å². The summed E-state index contributed by atoms with van der Waals surface area (Å²) in [5.74, 6) is 0.505. The molecule has 0 radical (unpaired) electrons. The van der Waals surface area contributed by atoms with Gasteiger partial charge in [-0.3, -0.25) is 10.1 Å². The molecule has 1 N–H and O–H groups in total. The first-order chi connectivity index (χ1) is 12.0. The number of hydrogen-bond acceptors (Lipinski definition) is 5. The van der Waals surface area contributed by atoms with E-state index in [1.54, 1.807) is 36.4 Å². The first-order valence-electron chi connectivity index (χ1n) is 7.28. The highest BCUT2D eigenvalue weighted by Gasteiger charge is 2.11. The summed E-state index contributed by atoms with van der Waals surface area (Å²) in [5, 5.41) is 21.4. The van der Waals surface area contributed by atoms with Gasteiger partial charge in [0.15, 0.2) is 11.5 Å². The summed E-state index contributed by atoms with van der Waals surface area (Å²) in [6.45, 7) is 0. The van der Waals surface area contributed by atoms with E-state index < -0.39 is 4.92 Å². The van der Waals surface area contributed by atoms with Crippen LogP contribution in [0.25, 0.3) is 23.1 Å². The number of phenols is 1. The van der Waals surface area contributed by atoms with Gasteiger partial charge in [-0.05, 0) is 64.6 Å². The molecule has 6 nitrogen and oxygen atoms in total. The number of fused-ring (bicyclic) bond motifs is 1. The van der Waals surface area contributed by atoms with Gasteiger partial charge < -0.3 is 9.84 Å². The zero-order valence-electron chi connectivity index (χ0n) is 13.1. The number of benzene rings is 2. The van der Waals surface area contributed by atoms with Crippen LogP contribution in [0.1, 0.15) is 11.3 Å². The van der Waals surface area contributed by atoms with Gasteiger partial charge in [0.2, 0.25) is 0 Å². The molecule has 0 spiro atoms. The molecule has 0 aliphatic rings. The van der Waals surface area contributed by atoms with Gasteiger partial charge in [-0.2, -0.15) is 0 Å². The highest BCUT2D eigenvalue weighted by atomic mass is 127. The fraction of sp³-hybridized carbons (Fsp3) is 0.0556. The molecule has 0 unspecified atom stereocenters. The quantitative estimate of drug-likeness (QED) is 0.357. The lowest BCUT2D eigenvalue weighted by Crippen LogP contribution is -1.91. The molecular formula is C18H13IN2O4. The number of aromatic hydroxyl groups is 1. The minimum Gasteiger partial charge on any atom is -0.504 e. The fourth-order valence-electron chi connectivity index (χ4n) is 2.43. The lowest BCUT2D eigenvalue weighted by molar-refractivity contribution is -0.383. The topological polar surface area (TPSA) is 85.5 Å². The van der Waals surface area contributed by atoms with Crippen LogP contribution >= 0.6 is 22.6 Å². The van der Waals surface area contributed by atoms with Gasteiger partial charge in [0.25, 0.3) is 5.69 Å². The Kier molecular flexibility index (Phi) is 4.84. The molecule has 126 valence electrons. The largest absolute Gasteiger partial charge is 0.504 e. The first kappa shape index (κ1) is 17.2. The zero-order chi connectivity index (χ0) is 18.0. The van der Waals surface area contributed by atoms with E-state index in [2.05, 4.69) is 4.98 Å². The van der Waals surface area contributed by atoms with Gasteiger partial charge in [0, 0.05) is 6.07 Å². The Bertz CT molecular complexity index is 1000. The lowest BCUT2D eigenvalue weighted by atomic mass is 10.1. The Balaban J connectivity index is 1.97.